The van der Waals surface area contributed by atoms with Gasteiger partial charge in [0.1, 0.15) is 22.5 Å². The molecule has 5 nitrogen and oxygen atoms in total. The number of phenols is 3. The molecule has 0 aliphatic rings. The van der Waals surface area contributed by atoms with E-state index in [9.17, 15) is 20.1 Å². The number of fused-ring (bicyclic) bond motifs is 2. The molecule has 0 saturated carbocycles. The third-order valence-corrected chi connectivity index (χ3v) is 4.06. The van der Waals surface area contributed by atoms with Crippen molar-refractivity contribution >= 4 is 21.9 Å². The molecule has 0 fully saturated rings. The van der Waals surface area contributed by atoms with Gasteiger partial charge in [-0.2, -0.15) is 0 Å². The van der Waals surface area contributed by atoms with E-state index in [-0.39, 0.29) is 39.2 Å². The molecule has 3 rings (SSSR count). The minimum Gasteiger partial charge on any atom is -0.507 e. The highest BCUT2D eigenvalue weighted by atomic mass is 16.4. The quantitative estimate of drug-likeness (QED) is 0.497. The van der Waals surface area contributed by atoms with Crippen molar-refractivity contribution in [2.45, 2.75) is 19.3 Å². The van der Waals surface area contributed by atoms with Gasteiger partial charge in [-0.05, 0) is 12.1 Å². The molecule has 3 N–H and O–H groups in total. The lowest BCUT2D eigenvalue weighted by molar-refractivity contribution is 0.436. The first-order valence-corrected chi connectivity index (χ1v) is 7.05. The molecule has 2 aromatic carbocycles. The Labute approximate surface area is 131 Å². The van der Waals surface area contributed by atoms with Gasteiger partial charge in [0, 0.05) is 17.0 Å². The van der Waals surface area contributed by atoms with Crippen LogP contribution in [-0.2, 0) is 5.41 Å². The number of phenolic OH excluding ortho intramolecular Hbond substituents is 3. The van der Waals surface area contributed by atoms with Gasteiger partial charge in [0.2, 0.25) is 5.43 Å². The summed E-state index contributed by atoms with van der Waals surface area (Å²) in [5, 5.41) is 30.5. The normalized spacial score (nSPS) is 11.9. The Hall–Kier alpha value is -2.95. The summed E-state index contributed by atoms with van der Waals surface area (Å²) in [7, 11) is 0. The second-order valence-electron chi connectivity index (χ2n) is 6.00. The van der Waals surface area contributed by atoms with Crippen LogP contribution in [0.2, 0.25) is 0 Å². The number of hydrogen-bond acceptors (Lipinski definition) is 5. The Bertz CT molecular complexity index is 1010. The van der Waals surface area contributed by atoms with Crippen LogP contribution in [0.15, 0.2) is 46.1 Å². The first kappa shape index (κ1) is 15.0. The third-order valence-electron chi connectivity index (χ3n) is 4.06. The molecule has 0 unspecified atom stereocenters. The monoisotopic (exact) mass is 312 g/mol. The van der Waals surface area contributed by atoms with Gasteiger partial charge >= 0.3 is 0 Å². The van der Waals surface area contributed by atoms with Crippen LogP contribution in [0, 0.1) is 0 Å². The summed E-state index contributed by atoms with van der Waals surface area (Å²) in [5.74, 6) is -0.774. The molecule has 23 heavy (non-hydrogen) atoms. The molecule has 0 aliphatic carbocycles. The number of allylic oxidation sites excluding steroid dienone is 1. The van der Waals surface area contributed by atoms with E-state index in [4.69, 9.17) is 4.42 Å². The minimum atomic E-state index is -0.718. The zero-order valence-electron chi connectivity index (χ0n) is 12.8. The lowest BCUT2D eigenvalue weighted by atomic mass is 9.83. The van der Waals surface area contributed by atoms with Crippen molar-refractivity contribution in [3.05, 3.63) is 52.7 Å². The molecule has 0 bridgehead atoms. The van der Waals surface area contributed by atoms with Crippen LogP contribution >= 0.6 is 0 Å². The van der Waals surface area contributed by atoms with Crippen LogP contribution in [-0.4, -0.2) is 15.3 Å². The van der Waals surface area contributed by atoms with E-state index in [0.717, 1.165) is 6.07 Å². The Morgan fingerprint density at radius 2 is 1.78 bits per heavy atom. The van der Waals surface area contributed by atoms with Gasteiger partial charge in [-0.3, -0.25) is 4.79 Å². The molecule has 0 radical (unpaired) electrons. The minimum absolute atomic E-state index is 0.0103. The maximum absolute atomic E-state index is 12.7. The zero-order chi connectivity index (χ0) is 16.9. The molecule has 0 aliphatic heterocycles. The van der Waals surface area contributed by atoms with Gasteiger partial charge in [-0.25, -0.2) is 0 Å². The van der Waals surface area contributed by atoms with E-state index in [2.05, 4.69) is 6.58 Å². The van der Waals surface area contributed by atoms with E-state index >= 15 is 0 Å². The van der Waals surface area contributed by atoms with Crippen LogP contribution in [0.3, 0.4) is 0 Å². The summed E-state index contributed by atoms with van der Waals surface area (Å²) < 4.78 is 5.72. The molecule has 0 amide bonds. The van der Waals surface area contributed by atoms with Crippen LogP contribution in [0.1, 0.15) is 19.4 Å². The number of rotatable bonds is 2. The fraction of sp³-hybridized carbons (Fsp3) is 0.167. The fourth-order valence-corrected chi connectivity index (χ4v) is 2.73. The van der Waals surface area contributed by atoms with Crippen molar-refractivity contribution in [1.29, 1.82) is 0 Å². The Morgan fingerprint density at radius 3 is 2.43 bits per heavy atom. The highest BCUT2D eigenvalue weighted by Gasteiger charge is 2.28. The number of aromatic hydroxyl groups is 3. The summed E-state index contributed by atoms with van der Waals surface area (Å²) in [6.45, 7) is 7.32. The Morgan fingerprint density at radius 1 is 1.09 bits per heavy atom. The van der Waals surface area contributed by atoms with E-state index in [0.29, 0.717) is 5.56 Å². The molecule has 0 spiro atoms. The fourth-order valence-electron chi connectivity index (χ4n) is 2.73. The molecule has 0 atom stereocenters. The van der Waals surface area contributed by atoms with Crippen molar-refractivity contribution in [2.75, 3.05) is 0 Å². The summed E-state index contributed by atoms with van der Waals surface area (Å²) in [6, 6.07) is 5.55. The smallest absolute Gasteiger partial charge is 0.204 e. The SMILES string of the molecule is C=CC(C)(C)c1c(O)cc(O)c2c(=O)c3cccc(O)c3oc12. The van der Waals surface area contributed by atoms with Crippen molar-refractivity contribution in [3.8, 4) is 17.2 Å². The molecular weight excluding hydrogens is 296 g/mol. The van der Waals surface area contributed by atoms with Crippen molar-refractivity contribution in [3.63, 3.8) is 0 Å². The summed E-state index contributed by atoms with van der Waals surface area (Å²) in [4.78, 5) is 12.7. The van der Waals surface area contributed by atoms with Gasteiger partial charge in [0.25, 0.3) is 0 Å². The van der Waals surface area contributed by atoms with Crippen molar-refractivity contribution in [2.24, 2.45) is 0 Å². The number of hydrogen-bond donors (Lipinski definition) is 3. The second kappa shape index (κ2) is 4.78. The summed E-state index contributed by atoms with van der Waals surface area (Å²) >= 11 is 0. The lowest BCUT2D eigenvalue weighted by Crippen LogP contribution is -2.15. The summed E-state index contributed by atoms with van der Waals surface area (Å²) in [5.41, 5.74) is -0.829. The highest BCUT2D eigenvalue weighted by Crippen LogP contribution is 2.42. The molecule has 0 saturated heterocycles. The van der Waals surface area contributed by atoms with E-state index in [1.165, 1.54) is 18.2 Å². The van der Waals surface area contributed by atoms with E-state index in [1.54, 1.807) is 19.9 Å². The molecule has 3 aromatic rings. The van der Waals surface area contributed by atoms with Gasteiger partial charge in [0.15, 0.2) is 11.3 Å². The number of para-hydroxylation sites is 1. The predicted octanol–water partition coefficient (Wildman–Crippen LogP) is 3.53. The predicted molar refractivity (Wildman–Crippen MR) is 88.2 cm³/mol. The second-order valence-corrected chi connectivity index (χ2v) is 6.00. The largest absolute Gasteiger partial charge is 0.507 e. The average molecular weight is 312 g/mol. The molecular formula is C18H16O5. The third kappa shape index (κ3) is 2.04. The van der Waals surface area contributed by atoms with Gasteiger partial charge in [-0.1, -0.05) is 26.0 Å². The standard InChI is InChI=1S/C18H16O5/c1-4-18(2,3)14-12(21)8-11(20)13-15(22)9-6-5-7-10(19)16(9)23-17(13)14/h4-8,19-21H,1H2,2-3H3. The molecule has 1 aromatic heterocycles. The van der Waals surface area contributed by atoms with Crippen LogP contribution in [0.25, 0.3) is 21.9 Å². The van der Waals surface area contributed by atoms with Crippen LogP contribution in [0.5, 0.6) is 17.2 Å². The Balaban J connectivity index is 2.67. The van der Waals surface area contributed by atoms with Crippen molar-refractivity contribution < 1.29 is 19.7 Å². The van der Waals surface area contributed by atoms with Gasteiger partial charge in [0.05, 0.1) is 5.39 Å². The van der Waals surface area contributed by atoms with Crippen LogP contribution in [0.4, 0.5) is 0 Å². The topological polar surface area (TPSA) is 90.9 Å². The maximum Gasteiger partial charge on any atom is 0.204 e. The number of benzene rings is 2. The highest BCUT2D eigenvalue weighted by molar-refractivity contribution is 5.97. The molecule has 5 heteroatoms. The van der Waals surface area contributed by atoms with E-state index < -0.39 is 10.8 Å². The zero-order valence-corrected chi connectivity index (χ0v) is 12.8. The summed E-state index contributed by atoms with van der Waals surface area (Å²) in [6.07, 6.45) is 1.60. The Kier molecular flexibility index (Phi) is 3.11. The molecule has 1 heterocycles. The first-order valence-electron chi connectivity index (χ1n) is 7.05. The van der Waals surface area contributed by atoms with Crippen LogP contribution < -0.4 is 5.43 Å². The first-order chi connectivity index (χ1) is 10.8. The lowest BCUT2D eigenvalue weighted by Gasteiger charge is -2.23. The van der Waals surface area contributed by atoms with Crippen molar-refractivity contribution in [1.82, 2.24) is 0 Å². The van der Waals surface area contributed by atoms with Gasteiger partial charge < -0.3 is 19.7 Å². The van der Waals surface area contributed by atoms with E-state index in [1.807, 2.05) is 0 Å². The van der Waals surface area contributed by atoms with Gasteiger partial charge in [-0.15, -0.1) is 6.58 Å². The maximum atomic E-state index is 12.7. The molecule has 118 valence electrons. The average Bonchev–Trinajstić information content (AvgIpc) is 2.47.